The Hall–Kier alpha value is -1.68. The number of rotatable bonds is 2. The van der Waals surface area contributed by atoms with Gasteiger partial charge in [-0.3, -0.25) is 14.5 Å². The van der Waals surface area contributed by atoms with E-state index in [4.69, 9.17) is 0 Å². The largest absolute Gasteiger partial charge is 0.392 e. The fourth-order valence-corrected chi connectivity index (χ4v) is 4.42. The molecule has 4 heteroatoms. The second-order valence-electron chi connectivity index (χ2n) is 6.20. The van der Waals surface area contributed by atoms with E-state index < -0.39 is 6.10 Å². The maximum Gasteiger partial charge on any atom is 0.233 e. The third-order valence-electron chi connectivity index (χ3n) is 5.31. The number of hydrogen-bond donors (Lipinski definition) is 1. The molecule has 3 aliphatic rings. The van der Waals surface area contributed by atoms with Gasteiger partial charge >= 0.3 is 0 Å². The van der Waals surface area contributed by atoms with E-state index in [0.717, 1.165) is 18.4 Å². The number of aliphatic hydroxyl groups is 1. The van der Waals surface area contributed by atoms with E-state index in [2.05, 4.69) is 0 Å². The fourth-order valence-electron chi connectivity index (χ4n) is 4.42. The second-order valence-corrected chi connectivity index (χ2v) is 6.20. The third kappa shape index (κ3) is 1.45. The number of aliphatic hydroxyl groups excluding tert-OH is 1. The highest BCUT2D eigenvalue weighted by molar-refractivity contribution is 6.06. The zero-order valence-electron chi connectivity index (χ0n) is 11.1. The Kier molecular flexibility index (Phi) is 2.51. The summed E-state index contributed by atoms with van der Waals surface area (Å²) in [6, 6.07) is 9.60. The molecule has 1 N–H and O–H groups in total. The Morgan fingerprint density at radius 3 is 2.10 bits per heavy atom. The molecule has 5 atom stereocenters. The molecule has 20 heavy (non-hydrogen) atoms. The molecule has 1 aromatic carbocycles. The topological polar surface area (TPSA) is 57.6 Å². The van der Waals surface area contributed by atoms with Gasteiger partial charge in [0.2, 0.25) is 11.8 Å². The van der Waals surface area contributed by atoms with Crippen LogP contribution in [-0.2, 0) is 16.1 Å². The van der Waals surface area contributed by atoms with E-state index in [9.17, 15) is 14.7 Å². The van der Waals surface area contributed by atoms with Crippen molar-refractivity contribution in [2.75, 3.05) is 0 Å². The van der Waals surface area contributed by atoms with E-state index in [1.807, 2.05) is 30.3 Å². The predicted molar refractivity (Wildman–Crippen MR) is 71.2 cm³/mol. The molecular weight excluding hydrogens is 254 g/mol. The summed E-state index contributed by atoms with van der Waals surface area (Å²) in [6.45, 7) is 0.362. The molecule has 3 fully saturated rings. The highest BCUT2D eigenvalue weighted by Gasteiger charge is 2.64. The predicted octanol–water partition coefficient (Wildman–Crippen LogP) is 1.19. The lowest BCUT2D eigenvalue weighted by Gasteiger charge is -2.19. The molecule has 2 bridgehead atoms. The van der Waals surface area contributed by atoms with Crippen LogP contribution in [0.2, 0.25) is 0 Å². The summed E-state index contributed by atoms with van der Waals surface area (Å²) < 4.78 is 0. The minimum Gasteiger partial charge on any atom is -0.392 e. The number of carbonyl (C=O) groups excluding carboxylic acids is 2. The molecule has 0 spiro atoms. The molecule has 0 aromatic heterocycles. The van der Waals surface area contributed by atoms with Crippen molar-refractivity contribution < 1.29 is 14.7 Å². The lowest BCUT2D eigenvalue weighted by Crippen LogP contribution is -2.34. The highest BCUT2D eigenvalue weighted by atomic mass is 16.3. The number of nitrogens with zero attached hydrogens (tertiary/aromatic N) is 1. The molecule has 0 radical (unpaired) electrons. The van der Waals surface area contributed by atoms with Gasteiger partial charge in [0.25, 0.3) is 0 Å². The van der Waals surface area contributed by atoms with Gasteiger partial charge in [0.15, 0.2) is 0 Å². The van der Waals surface area contributed by atoms with Crippen molar-refractivity contribution in [2.24, 2.45) is 23.7 Å². The summed E-state index contributed by atoms with van der Waals surface area (Å²) in [5.41, 5.74) is 0.974. The van der Waals surface area contributed by atoms with Gasteiger partial charge in [-0.05, 0) is 30.2 Å². The Morgan fingerprint density at radius 1 is 1.00 bits per heavy atom. The van der Waals surface area contributed by atoms with Crippen molar-refractivity contribution in [1.29, 1.82) is 0 Å². The van der Waals surface area contributed by atoms with Crippen molar-refractivity contribution in [2.45, 2.75) is 25.5 Å². The first kappa shape index (κ1) is 12.1. The van der Waals surface area contributed by atoms with Crippen LogP contribution in [0.25, 0.3) is 0 Å². The van der Waals surface area contributed by atoms with Crippen LogP contribution >= 0.6 is 0 Å². The second kappa shape index (κ2) is 4.16. The smallest absolute Gasteiger partial charge is 0.233 e. The van der Waals surface area contributed by atoms with Crippen LogP contribution in [0.4, 0.5) is 0 Å². The zero-order chi connectivity index (χ0) is 13.9. The van der Waals surface area contributed by atoms with E-state index >= 15 is 0 Å². The van der Waals surface area contributed by atoms with Gasteiger partial charge in [0, 0.05) is 0 Å². The SMILES string of the molecule is O=C1[C@@H]2[C@H](C(=O)N1Cc1ccccc1)[C@H]1CC[C@@H]2C1O. The Balaban J connectivity index is 1.62. The summed E-state index contributed by atoms with van der Waals surface area (Å²) in [5.74, 6) is -0.672. The van der Waals surface area contributed by atoms with Crippen molar-refractivity contribution in [1.82, 2.24) is 4.90 Å². The number of amides is 2. The fraction of sp³-hybridized carbons (Fsp3) is 0.500. The standard InChI is InChI=1S/C16H17NO3/c18-14-10-6-7-11(14)13-12(10)15(19)17(16(13)20)8-9-4-2-1-3-5-9/h1-5,10-14,18H,6-8H2/t10-,11+,12-,13+,14?. The van der Waals surface area contributed by atoms with Crippen molar-refractivity contribution in [3.63, 3.8) is 0 Å². The minimum absolute atomic E-state index is 0.00206. The molecular formula is C16H17NO3. The Morgan fingerprint density at radius 2 is 1.55 bits per heavy atom. The first-order valence-electron chi connectivity index (χ1n) is 7.25. The van der Waals surface area contributed by atoms with Crippen LogP contribution in [0.15, 0.2) is 30.3 Å². The van der Waals surface area contributed by atoms with E-state index in [0.29, 0.717) is 6.54 Å². The summed E-state index contributed by atoms with van der Waals surface area (Å²) in [4.78, 5) is 26.5. The van der Waals surface area contributed by atoms with Gasteiger partial charge in [-0.2, -0.15) is 0 Å². The van der Waals surface area contributed by atoms with Crippen LogP contribution in [0.3, 0.4) is 0 Å². The van der Waals surface area contributed by atoms with Crippen LogP contribution in [-0.4, -0.2) is 27.9 Å². The zero-order valence-corrected chi connectivity index (χ0v) is 11.1. The lowest BCUT2D eigenvalue weighted by molar-refractivity contribution is -0.142. The summed E-state index contributed by atoms with van der Waals surface area (Å²) in [7, 11) is 0. The molecule has 2 aliphatic carbocycles. The molecule has 1 heterocycles. The van der Waals surface area contributed by atoms with Crippen molar-refractivity contribution in [3.8, 4) is 0 Å². The molecule has 1 saturated heterocycles. The molecule has 2 saturated carbocycles. The molecule has 4 nitrogen and oxygen atoms in total. The average Bonchev–Trinajstić information content (AvgIpc) is 3.05. The maximum atomic E-state index is 12.5. The van der Waals surface area contributed by atoms with Crippen LogP contribution in [0.5, 0.6) is 0 Å². The minimum atomic E-state index is -0.447. The first-order chi connectivity index (χ1) is 9.68. The van der Waals surface area contributed by atoms with Crippen LogP contribution < -0.4 is 0 Å². The number of hydrogen-bond acceptors (Lipinski definition) is 3. The van der Waals surface area contributed by atoms with Gasteiger partial charge in [-0.15, -0.1) is 0 Å². The van der Waals surface area contributed by atoms with E-state index in [-0.39, 0.29) is 35.5 Å². The van der Waals surface area contributed by atoms with Crippen LogP contribution in [0, 0.1) is 23.7 Å². The van der Waals surface area contributed by atoms with E-state index in [1.54, 1.807) is 0 Å². The summed E-state index contributed by atoms with van der Waals surface area (Å²) in [5, 5.41) is 10.1. The average molecular weight is 271 g/mol. The summed E-state index contributed by atoms with van der Waals surface area (Å²) in [6.07, 6.45) is 1.31. The monoisotopic (exact) mass is 271 g/mol. The van der Waals surface area contributed by atoms with Gasteiger partial charge in [-0.25, -0.2) is 0 Å². The number of fused-ring (bicyclic) bond motifs is 5. The highest BCUT2D eigenvalue weighted by Crippen LogP contribution is 2.56. The Labute approximate surface area is 117 Å². The molecule has 1 aliphatic heterocycles. The molecule has 1 unspecified atom stereocenters. The number of imide groups is 1. The Bertz CT molecular complexity index is 540. The molecule has 1 aromatic rings. The molecule has 2 amide bonds. The van der Waals surface area contributed by atoms with Crippen molar-refractivity contribution >= 4 is 11.8 Å². The maximum absolute atomic E-state index is 12.5. The first-order valence-corrected chi connectivity index (χ1v) is 7.25. The quantitative estimate of drug-likeness (QED) is 0.822. The number of carbonyl (C=O) groups is 2. The lowest BCUT2D eigenvalue weighted by atomic mass is 9.81. The van der Waals surface area contributed by atoms with E-state index in [1.165, 1.54) is 4.90 Å². The number of likely N-dealkylation sites (tertiary alicyclic amines) is 1. The van der Waals surface area contributed by atoms with Gasteiger partial charge in [0.05, 0.1) is 24.5 Å². The third-order valence-corrected chi connectivity index (χ3v) is 5.31. The van der Waals surface area contributed by atoms with Gasteiger partial charge in [-0.1, -0.05) is 30.3 Å². The molecule has 104 valence electrons. The number of benzene rings is 1. The van der Waals surface area contributed by atoms with Crippen LogP contribution in [0.1, 0.15) is 18.4 Å². The van der Waals surface area contributed by atoms with Gasteiger partial charge in [0.1, 0.15) is 0 Å². The summed E-state index contributed by atoms with van der Waals surface area (Å²) >= 11 is 0. The normalized spacial score (nSPS) is 38.6. The van der Waals surface area contributed by atoms with Gasteiger partial charge < -0.3 is 5.11 Å². The molecule has 4 rings (SSSR count). The van der Waals surface area contributed by atoms with Crippen molar-refractivity contribution in [3.05, 3.63) is 35.9 Å².